The van der Waals surface area contributed by atoms with Gasteiger partial charge in [-0.3, -0.25) is 4.79 Å². The van der Waals surface area contributed by atoms with E-state index in [1.807, 2.05) is 42.8 Å². The van der Waals surface area contributed by atoms with Crippen molar-refractivity contribution in [2.45, 2.75) is 6.92 Å². The van der Waals surface area contributed by atoms with Crippen LogP contribution in [0.3, 0.4) is 0 Å². The van der Waals surface area contributed by atoms with Crippen molar-refractivity contribution in [2.75, 3.05) is 0 Å². The van der Waals surface area contributed by atoms with Gasteiger partial charge in [-0.1, -0.05) is 29.8 Å². The first-order chi connectivity index (χ1) is 9.58. The average molecular weight is 267 g/mol. The van der Waals surface area contributed by atoms with Crippen LogP contribution in [0.15, 0.2) is 48.7 Å². The van der Waals surface area contributed by atoms with Gasteiger partial charge in [0.05, 0.1) is 5.56 Å². The van der Waals surface area contributed by atoms with Crippen LogP contribution >= 0.6 is 0 Å². The van der Waals surface area contributed by atoms with E-state index in [1.165, 1.54) is 6.07 Å². The van der Waals surface area contributed by atoms with E-state index in [4.69, 9.17) is 0 Å². The van der Waals surface area contributed by atoms with Crippen LogP contribution in [0.5, 0.6) is 0 Å². The molecule has 3 heteroatoms. The molecule has 1 heterocycles. The number of nitrogens with zero attached hydrogens (tertiary/aromatic N) is 1. The number of carbonyl (C=O) groups excluding carboxylic acids is 1. The predicted molar refractivity (Wildman–Crippen MR) is 77.5 cm³/mol. The highest BCUT2D eigenvalue weighted by molar-refractivity contribution is 6.16. The molecule has 0 aliphatic carbocycles. The van der Waals surface area contributed by atoms with Gasteiger partial charge in [-0.05, 0) is 25.1 Å². The van der Waals surface area contributed by atoms with E-state index in [0.29, 0.717) is 5.56 Å². The highest BCUT2D eigenvalue weighted by atomic mass is 19.1. The molecule has 0 amide bonds. The van der Waals surface area contributed by atoms with E-state index < -0.39 is 5.82 Å². The highest BCUT2D eigenvalue weighted by Crippen LogP contribution is 2.24. The van der Waals surface area contributed by atoms with Gasteiger partial charge in [0.25, 0.3) is 0 Å². The SMILES string of the molecule is Cc1ccc(F)c(C(=O)c2cn(C)c3ccccc23)c1. The molecule has 0 aliphatic heterocycles. The van der Waals surface area contributed by atoms with Crippen LogP contribution in [0.4, 0.5) is 4.39 Å². The van der Waals surface area contributed by atoms with Gasteiger partial charge in [0.1, 0.15) is 5.82 Å². The lowest BCUT2D eigenvalue weighted by Gasteiger charge is -2.03. The fourth-order valence-electron chi connectivity index (χ4n) is 2.48. The molecule has 0 saturated heterocycles. The number of hydrogen-bond acceptors (Lipinski definition) is 1. The minimum absolute atomic E-state index is 0.126. The molecular formula is C17H14FNO. The van der Waals surface area contributed by atoms with Gasteiger partial charge >= 0.3 is 0 Å². The molecule has 0 bridgehead atoms. The Hall–Kier alpha value is -2.42. The fourth-order valence-corrected chi connectivity index (χ4v) is 2.48. The summed E-state index contributed by atoms with van der Waals surface area (Å²) in [6.45, 7) is 1.85. The molecule has 0 unspecified atom stereocenters. The molecule has 3 aromatic rings. The third-order valence-electron chi connectivity index (χ3n) is 3.51. The van der Waals surface area contributed by atoms with Crippen molar-refractivity contribution in [1.29, 1.82) is 0 Å². The quantitative estimate of drug-likeness (QED) is 0.646. The van der Waals surface area contributed by atoms with Crippen LogP contribution in [-0.2, 0) is 7.05 Å². The van der Waals surface area contributed by atoms with Crippen LogP contribution in [0, 0.1) is 12.7 Å². The van der Waals surface area contributed by atoms with Gasteiger partial charge < -0.3 is 4.57 Å². The summed E-state index contributed by atoms with van der Waals surface area (Å²) in [4.78, 5) is 12.6. The molecule has 0 spiro atoms. The molecule has 20 heavy (non-hydrogen) atoms. The van der Waals surface area contributed by atoms with Gasteiger partial charge in [-0.2, -0.15) is 0 Å². The van der Waals surface area contributed by atoms with Gasteiger partial charge in [-0.25, -0.2) is 4.39 Å². The molecule has 3 rings (SSSR count). The lowest BCUT2D eigenvalue weighted by molar-refractivity contribution is 0.103. The maximum absolute atomic E-state index is 13.9. The number of hydrogen-bond donors (Lipinski definition) is 0. The highest BCUT2D eigenvalue weighted by Gasteiger charge is 2.18. The van der Waals surface area contributed by atoms with E-state index in [2.05, 4.69) is 0 Å². The number of rotatable bonds is 2. The second-order valence-electron chi connectivity index (χ2n) is 4.98. The molecular weight excluding hydrogens is 253 g/mol. The minimum atomic E-state index is -0.478. The number of fused-ring (bicyclic) bond motifs is 1. The molecule has 0 radical (unpaired) electrons. The number of carbonyl (C=O) groups is 1. The summed E-state index contributed by atoms with van der Waals surface area (Å²) >= 11 is 0. The number of halogens is 1. The van der Waals surface area contributed by atoms with E-state index in [9.17, 15) is 9.18 Å². The van der Waals surface area contributed by atoms with Crippen molar-refractivity contribution in [3.63, 3.8) is 0 Å². The number of aryl methyl sites for hydroxylation is 2. The summed E-state index contributed by atoms with van der Waals surface area (Å²) in [6, 6.07) is 12.2. The van der Waals surface area contributed by atoms with Crippen LogP contribution in [0.1, 0.15) is 21.5 Å². The summed E-state index contributed by atoms with van der Waals surface area (Å²) in [5.74, 6) is -0.753. The lowest BCUT2D eigenvalue weighted by atomic mass is 10.0. The molecule has 2 aromatic carbocycles. The Morgan fingerprint density at radius 2 is 1.85 bits per heavy atom. The zero-order valence-electron chi connectivity index (χ0n) is 11.4. The fraction of sp³-hybridized carbons (Fsp3) is 0.118. The Morgan fingerprint density at radius 1 is 1.10 bits per heavy atom. The number of ketones is 1. The van der Waals surface area contributed by atoms with Crippen LogP contribution < -0.4 is 0 Å². The topological polar surface area (TPSA) is 22.0 Å². The second-order valence-corrected chi connectivity index (χ2v) is 4.98. The molecule has 0 fully saturated rings. The normalized spacial score (nSPS) is 10.9. The van der Waals surface area contributed by atoms with Crippen molar-refractivity contribution < 1.29 is 9.18 Å². The Kier molecular flexibility index (Phi) is 2.90. The summed E-state index contributed by atoms with van der Waals surface area (Å²) in [7, 11) is 1.88. The smallest absolute Gasteiger partial charge is 0.198 e. The molecule has 0 atom stereocenters. The molecule has 0 N–H and O–H groups in total. The predicted octanol–water partition coefficient (Wildman–Crippen LogP) is 3.86. The third-order valence-corrected chi connectivity index (χ3v) is 3.51. The van der Waals surface area contributed by atoms with Gasteiger partial charge in [0.2, 0.25) is 0 Å². The Bertz CT molecular complexity index is 817. The molecule has 2 nitrogen and oxygen atoms in total. The first-order valence-corrected chi connectivity index (χ1v) is 6.43. The molecule has 0 aliphatic rings. The van der Waals surface area contributed by atoms with Crippen LogP contribution in [0.2, 0.25) is 0 Å². The van der Waals surface area contributed by atoms with Crippen LogP contribution in [-0.4, -0.2) is 10.4 Å². The maximum Gasteiger partial charge on any atom is 0.198 e. The standard InChI is InChI=1S/C17H14FNO/c1-11-7-8-15(18)13(9-11)17(20)14-10-19(2)16-6-4-3-5-12(14)16/h3-10H,1-2H3. The minimum Gasteiger partial charge on any atom is -0.350 e. The van der Waals surface area contributed by atoms with E-state index in [0.717, 1.165) is 16.5 Å². The van der Waals surface area contributed by atoms with E-state index in [1.54, 1.807) is 18.3 Å². The second kappa shape index (κ2) is 4.60. The zero-order chi connectivity index (χ0) is 14.3. The van der Waals surface area contributed by atoms with Gasteiger partial charge in [0, 0.05) is 29.7 Å². The van der Waals surface area contributed by atoms with Gasteiger partial charge in [0.15, 0.2) is 5.78 Å². The Balaban J connectivity index is 2.20. The van der Waals surface area contributed by atoms with Crippen molar-refractivity contribution >= 4 is 16.7 Å². The zero-order valence-corrected chi connectivity index (χ0v) is 11.4. The summed E-state index contributed by atoms with van der Waals surface area (Å²) in [6.07, 6.45) is 1.76. The molecule has 0 saturated carbocycles. The largest absolute Gasteiger partial charge is 0.350 e. The summed E-state index contributed by atoms with van der Waals surface area (Å²) < 4.78 is 15.8. The van der Waals surface area contributed by atoms with Crippen LogP contribution in [0.25, 0.3) is 10.9 Å². The monoisotopic (exact) mass is 267 g/mol. The maximum atomic E-state index is 13.9. The first-order valence-electron chi connectivity index (χ1n) is 6.43. The molecule has 1 aromatic heterocycles. The third kappa shape index (κ3) is 1.92. The number of aromatic nitrogens is 1. The Labute approximate surface area is 116 Å². The average Bonchev–Trinajstić information content (AvgIpc) is 2.79. The van der Waals surface area contributed by atoms with Crippen molar-refractivity contribution in [2.24, 2.45) is 7.05 Å². The first kappa shape index (κ1) is 12.6. The lowest BCUT2D eigenvalue weighted by Crippen LogP contribution is -2.04. The molecule has 100 valence electrons. The summed E-state index contributed by atoms with van der Waals surface area (Å²) in [5.41, 5.74) is 2.49. The van der Waals surface area contributed by atoms with Crippen molar-refractivity contribution in [3.8, 4) is 0 Å². The Morgan fingerprint density at radius 3 is 2.65 bits per heavy atom. The van der Waals surface area contributed by atoms with Crippen molar-refractivity contribution in [3.05, 3.63) is 71.2 Å². The summed E-state index contributed by atoms with van der Waals surface area (Å²) in [5, 5.41) is 0.848. The number of para-hydroxylation sites is 1. The number of benzene rings is 2. The van der Waals surface area contributed by atoms with E-state index in [-0.39, 0.29) is 11.3 Å². The van der Waals surface area contributed by atoms with Gasteiger partial charge in [-0.15, -0.1) is 0 Å². The van der Waals surface area contributed by atoms with Crippen molar-refractivity contribution in [1.82, 2.24) is 4.57 Å². The van der Waals surface area contributed by atoms with E-state index >= 15 is 0 Å².